The lowest BCUT2D eigenvalue weighted by Crippen LogP contribution is -2.38. The normalized spacial score (nSPS) is 11.8. The van der Waals surface area contributed by atoms with E-state index in [9.17, 15) is 9.59 Å². The Morgan fingerprint density at radius 2 is 1.92 bits per heavy atom. The lowest BCUT2D eigenvalue weighted by atomic mass is 10.1. The monoisotopic (exact) mass is 401 g/mol. The summed E-state index contributed by atoms with van der Waals surface area (Å²) < 4.78 is 16.3. The summed E-state index contributed by atoms with van der Waals surface area (Å²) in [6.07, 6.45) is 0. The number of esters is 1. The van der Waals surface area contributed by atoms with E-state index >= 15 is 0 Å². The predicted octanol–water partition coefficient (Wildman–Crippen LogP) is 3.17. The molecule has 0 heterocycles. The van der Waals surface area contributed by atoms with Crippen molar-refractivity contribution in [1.82, 2.24) is 5.32 Å². The van der Waals surface area contributed by atoms with Crippen LogP contribution in [0.3, 0.4) is 0 Å². The Labute approximate surface area is 151 Å². The van der Waals surface area contributed by atoms with E-state index < -0.39 is 5.97 Å². The number of benzene rings is 1. The fourth-order valence-corrected chi connectivity index (χ4v) is 2.36. The van der Waals surface area contributed by atoms with Gasteiger partial charge in [0.25, 0.3) is 5.91 Å². The largest absolute Gasteiger partial charge is 0.493 e. The van der Waals surface area contributed by atoms with Crippen molar-refractivity contribution < 1.29 is 23.8 Å². The van der Waals surface area contributed by atoms with Gasteiger partial charge in [0.15, 0.2) is 18.1 Å². The Bertz CT molecular complexity index is 589. The van der Waals surface area contributed by atoms with E-state index in [0.717, 1.165) is 0 Å². The highest BCUT2D eigenvalue weighted by Crippen LogP contribution is 2.36. The Hall–Kier alpha value is -1.76. The third kappa shape index (κ3) is 5.70. The maximum absolute atomic E-state index is 12.1. The molecular weight excluding hydrogens is 378 g/mol. The van der Waals surface area contributed by atoms with E-state index in [1.165, 1.54) is 13.2 Å². The minimum absolute atomic E-state index is 0.0101. The van der Waals surface area contributed by atoms with Gasteiger partial charge in [-0.2, -0.15) is 0 Å². The molecule has 1 unspecified atom stereocenters. The number of ether oxygens (including phenoxy) is 3. The third-order valence-corrected chi connectivity index (χ3v) is 4.07. The predicted molar refractivity (Wildman–Crippen MR) is 94.6 cm³/mol. The van der Waals surface area contributed by atoms with E-state index in [1.807, 2.05) is 27.7 Å². The van der Waals surface area contributed by atoms with Gasteiger partial charge < -0.3 is 19.5 Å². The van der Waals surface area contributed by atoms with Gasteiger partial charge in [-0.1, -0.05) is 13.8 Å². The quantitative estimate of drug-likeness (QED) is 0.677. The number of carbonyl (C=O) groups excluding carboxylic acids is 2. The fraction of sp³-hybridized carbons (Fsp3) is 0.529. The number of carbonyl (C=O) groups is 2. The van der Waals surface area contributed by atoms with Crippen LogP contribution in [-0.2, 0) is 9.53 Å². The van der Waals surface area contributed by atoms with Crippen LogP contribution >= 0.6 is 15.9 Å². The molecule has 0 aliphatic carbocycles. The number of hydrogen-bond donors (Lipinski definition) is 1. The molecule has 1 N–H and O–H groups in total. The Morgan fingerprint density at radius 1 is 1.25 bits per heavy atom. The zero-order valence-electron chi connectivity index (χ0n) is 14.6. The van der Waals surface area contributed by atoms with Crippen molar-refractivity contribution in [3.63, 3.8) is 0 Å². The van der Waals surface area contributed by atoms with Crippen molar-refractivity contribution in [2.75, 3.05) is 20.3 Å². The SMILES string of the molecule is CCOc1c(Br)cc(C(=O)OCC(=O)NC(C)C(C)C)cc1OC. The zero-order chi connectivity index (χ0) is 18.3. The number of halogens is 1. The molecule has 0 bridgehead atoms. The van der Waals surface area contributed by atoms with E-state index in [-0.39, 0.29) is 24.1 Å². The van der Waals surface area contributed by atoms with Crippen LogP contribution in [-0.4, -0.2) is 38.2 Å². The maximum atomic E-state index is 12.1. The van der Waals surface area contributed by atoms with Crippen molar-refractivity contribution in [2.45, 2.75) is 33.7 Å². The first-order chi connectivity index (χ1) is 11.3. The molecule has 6 nitrogen and oxygen atoms in total. The highest BCUT2D eigenvalue weighted by atomic mass is 79.9. The lowest BCUT2D eigenvalue weighted by molar-refractivity contribution is -0.125. The lowest BCUT2D eigenvalue weighted by Gasteiger charge is -2.17. The van der Waals surface area contributed by atoms with Gasteiger partial charge >= 0.3 is 5.97 Å². The number of amides is 1. The van der Waals surface area contributed by atoms with Crippen LogP contribution in [0, 0.1) is 5.92 Å². The van der Waals surface area contributed by atoms with Gasteiger partial charge in [0.1, 0.15) is 0 Å². The van der Waals surface area contributed by atoms with Gasteiger partial charge in [0.05, 0.1) is 23.8 Å². The minimum Gasteiger partial charge on any atom is -0.493 e. The highest BCUT2D eigenvalue weighted by Gasteiger charge is 2.18. The molecule has 0 spiro atoms. The number of methoxy groups -OCH3 is 1. The number of hydrogen-bond acceptors (Lipinski definition) is 5. The second-order valence-corrected chi connectivity index (χ2v) is 6.45. The van der Waals surface area contributed by atoms with Crippen LogP contribution in [0.4, 0.5) is 0 Å². The molecule has 7 heteroatoms. The molecule has 0 aliphatic rings. The van der Waals surface area contributed by atoms with E-state index in [4.69, 9.17) is 14.2 Å². The second kappa shape index (κ2) is 9.52. The molecule has 0 saturated carbocycles. The van der Waals surface area contributed by atoms with Crippen molar-refractivity contribution in [1.29, 1.82) is 0 Å². The molecule has 134 valence electrons. The summed E-state index contributed by atoms with van der Waals surface area (Å²) in [7, 11) is 1.49. The van der Waals surface area contributed by atoms with Crippen molar-refractivity contribution in [2.24, 2.45) is 5.92 Å². The van der Waals surface area contributed by atoms with Gasteiger partial charge in [-0.15, -0.1) is 0 Å². The molecule has 0 fully saturated rings. The van der Waals surface area contributed by atoms with Crippen LogP contribution in [0.15, 0.2) is 16.6 Å². The van der Waals surface area contributed by atoms with Crippen molar-refractivity contribution in [3.05, 3.63) is 22.2 Å². The second-order valence-electron chi connectivity index (χ2n) is 5.60. The average Bonchev–Trinajstić information content (AvgIpc) is 2.54. The zero-order valence-corrected chi connectivity index (χ0v) is 16.2. The molecule has 24 heavy (non-hydrogen) atoms. The van der Waals surface area contributed by atoms with Gasteiger partial charge in [-0.05, 0) is 47.8 Å². The van der Waals surface area contributed by atoms with Crippen LogP contribution in [0.25, 0.3) is 0 Å². The number of rotatable bonds is 8. The first-order valence-corrected chi connectivity index (χ1v) is 8.56. The molecule has 1 aromatic rings. The third-order valence-electron chi connectivity index (χ3n) is 3.48. The first-order valence-electron chi connectivity index (χ1n) is 7.76. The summed E-state index contributed by atoms with van der Waals surface area (Å²) in [5.41, 5.74) is 0.270. The molecule has 1 rings (SSSR count). The van der Waals surface area contributed by atoms with Crippen LogP contribution < -0.4 is 14.8 Å². The summed E-state index contributed by atoms with van der Waals surface area (Å²) in [5.74, 6) is 0.290. The van der Waals surface area contributed by atoms with Gasteiger partial charge in [-0.3, -0.25) is 4.79 Å². The fourth-order valence-electron chi connectivity index (χ4n) is 1.80. The summed E-state index contributed by atoms with van der Waals surface area (Å²) >= 11 is 3.34. The van der Waals surface area contributed by atoms with Gasteiger partial charge in [-0.25, -0.2) is 4.79 Å². The molecule has 0 aliphatic heterocycles. The van der Waals surface area contributed by atoms with Crippen LogP contribution in [0.2, 0.25) is 0 Å². The maximum Gasteiger partial charge on any atom is 0.338 e. The minimum atomic E-state index is -0.607. The Balaban J connectivity index is 2.75. The van der Waals surface area contributed by atoms with Crippen LogP contribution in [0.1, 0.15) is 38.1 Å². The Kier molecular flexibility index (Phi) is 8.04. The molecule has 1 amide bonds. The summed E-state index contributed by atoms with van der Waals surface area (Å²) in [5, 5.41) is 2.78. The van der Waals surface area contributed by atoms with Crippen molar-refractivity contribution >= 4 is 27.8 Å². The molecule has 1 aromatic carbocycles. The first kappa shape index (κ1) is 20.3. The molecule has 0 radical (unpaired) electrons. The summed E-state index contributed by atoms with van der Waals surface area (Å²) in [6, 6.07) is 3.10. The Morgan fingerprint density at radius 3 is 2.46 bits per heavy atom. The number of nitrogens with one attached hydrogen (secondary N) is 1. The average molecular weight is 402 g/mol. The topological polar surface area (TPSA) is 73.9 Å². The van der Waals surface area contributed by atoms with Gasteiger partial charge in [0.2, 0.25) is 0 Å². The van der Waals surface area contributed by atoms with Gasteiger partial charge in [0, 0.05) is 6.04 Å². The van der Waals surface area contributed by atoms with E-state index in [1.54, 1.807) is 6.07 Å². The molecular formula is C17H24BrNO5. The molecule has 1 atom stereocenters. The van der Waals surface area contributed by atoms with Crippen LogP contribution in [0.5, 0.6) is 11.5 Å². The van der Waals surface area contributed by atoms with E-state index in [0.29, 0.717) is 28.5 Å². The molecule has 0 aromatic heterocycles. The molecule has 0 saturated heterocycles. The standard InChI is InChI=1S/C17H24BrNO5/c1-6-23-16-13(18)7-12(8-14(16)22-5)17(21)24-9-15(20)19-11(4)10(2)3/h7-8,10-11H,6,9H2,1-5H3,(H,19,20). The summed E-state index contributed by atoms with van der Waals surface area (Å²) in [4.78, 5) is 23.9. The van der Waals surface area contributed by atoms with E-state index in [2.05, 4.69) is 21.2 Å². The van der Waals surface area contributed by atoms with Crippen molar-refractivity contribution in [3.8, 4) is 11.5 Å². The summed E-state index contributed by atoms with van der Waals surface area (Å²) in [6.45, 7) is 7.89. The highest BCUT2D eigenvalue weighted by molar-refractivity contribution is 9.10. The smallest absolute Gasteiger partial charge is 0.338 e.